The number of ketones is 2. The summed E-state index contributed by atoms with van der Waals surface area (Å²) in [5.41, 5.74) is -3.62. The second-order valence-electron chi connectivity index (χ2n) is 3.83. The molecule has 114 valence electrons. The van der Waals surface area contributed by atoms with Crippen LogP contribution >= 0.6 is 0 Å². The summed E-state index contributed by atoms with van der Waals surface area (Å²) >= 11 is 0. The molecule has 0 saturated carbocycles. The Hall–Kier alpha value is -1.88. The maximum atomic E-state index is 12.3. The topological polar surface area (TPSA) is 74.6 Å². The summed E-state index contributed by atoms with van der Waals surface area (Å²) in [7, 11) is -2.53. The van der Waals surface area contributed by atoms with E-state index in [0.29, 0.717) is 12.1 Å². The molecule has 1 rings (SSSR count). The predicted octanol–water partition coefficient (Wildman–Crippen LogP) is 0.856. The van der Waals surface area contributed by atoms with Crippen LogP contribution in [0.3, 0.4) is 0 Å². The van der Waals surface area contributed by atoms with Crippen LogP contribution in [0.1, 0.15) is 20.7 Å². The van der Waals surface area contributed by atoms with Crippen LogP contribution in [0.5, 0.6) is 0 Å². The molecule has 0 unspecified atom stereocenters. The average molecular weight is 314 g/mol. The quantitative estimate of drug-likeness (QED) is 0.493. The average Bonchev–Trinajstić information content (AvgIpc) is 2.33. The number of carbonyl (C=O) groups is 2. The van der Waals surface area contributed by atoms with Crippen molar-refractivity contribution in [1.82, 2.24) is 0 Å². The third kappa shape index (κ3) is 3.82. The largest absolute Gasteiger partial charge is 0.489 e. The molecule has 0 radical (unpaired) electrons. The second-order valence-corrected chi connectivity index (χ2v) is 3.83. The Kier molecular flexibility index (Phi) is 4.49. The van der Waals surface area contributed by atoms with E-state index in [9.17, 15) is 35.9 Å². The molecule has 0 aromatic heterocycles. The highest BCUT2D eigenvalue weighted by Crippen LogP contribution is 2.25. The summed E-state index contributed by atoms with van der Waals surface area (Å²) in [5, 5.41) is 17.7. The lowest BCUT2D eigenvalue weighted by Gasteiger charge is -2.12. The van der Waals surface area contributed by atoms with Crippen molar-refractivity contribution >= 4 is 24.1 Å². The van der Waals surface area contributed by atoms with Gasteiger partial charge < -0.3 is 10.0 Å². The van der Waals surface area contributed by atoms with Gasteiger partial charge in [0.25, 0.3) is 11.6 Å². The molecule has 0 amide bonds. The number of benzene rings is 1. The lowest BCUT2D eigenvalue weighted by Crippen LogP contribution is -2.39. The van der Waals surface area contributed by atoms with Gasteiger partial charge in [-0.3, -0.25) is 9.59 Å². The Morgan fingerprint density at radius 3 is 1.76 bits per heavy atom. The highest BCUT2D eigenvalue weighted by molar-refractivity contribution is 6.60. The van der Waals surface area contributed by atoms with Crippen molar-refractivity contribution in [2.75, 3.05) is 0 Å². The summed E-state index contributed by atoms with van der Waals surface area (Å²) in [4.78, 5) is 22.0. The van der Waals surface area contributed by atoms with Crippen molar-refractivity contribution in [3.63, 3.8) is 0 Å². The number of alkyl halides is 6. The number of Topliss-reactive ketones (excluding diaryl/α,β-unsaturated/α-hetero) is 2. The molecule has 21 heavy (non-hydrogen) atoms. The molecular formula is C10H5BF6O4. The molecule has 0 atom stereocenters. The van der Waals surface area contributed by atoms with E-state index in [1.807, 2.05) is 0 Å². The molecule has 1 aromatic carbocycles. The van der Waals surface area contributed by atoms with E-state index in [0.717, 1.165) is 0 Å². The Balaban J connectivity index is 3.45. The Morgan fingerprint density at radius 1 is 0.905 bits per heavy atom. The van der Waals surface area contributed by atoms with Gasteiger partial charge >= 0.3 is 19.5 Å². The number of hydrogen-bond acceptors (Lipinski definition) is 4. The number of halogens is 6. The van der Waals surface area contributed by atoms with Crippen LogP contribution in [0.2, 0.25) is 0 Å². The fourth-order valence-electron chi connectivity index (χ4n) is 1.44. The minimum Gasteiger partial charge on any atom is -0.423 e. The van der Waals surface area contributed by atoms with Crippen LogP contribution in [-0.2, 0) is 0 Å². The van der Waals surface area contributed by atoms with Gasteiger partial charge in [-0.25, -0.2) is 0 Å². The van der Waals surface area contributed by atoms with Gasteiger partial charge in [0.15, 0.2) is 0 Å². The van der Waals surface area contributed by atoms with E-state index >= 15 is 0 Å². The minimum atomic E-state index is -5.45. The van der Waals surface area contributed by atoms with E-state index in [2.05, 4.69) is 0 Å². The van der Waals surface area contributed by atoms with Crippen LogP contribution in [0, 0.1) is 0 Å². The van der Waals surface area contributed by atoms with Gasteiger partial charge in [0.2, 0.25) is 0 Å². The van der Waals surface area contributed by atoms with Gasteiger partial charge in [-0.15, -0.1) is 0 Å². The lowest BCUT2D eigenvalue weighted by molar-refractivity contribution is -0.0887. The van der Waals surface area contributed by atoms with Crippen molar-refractivity contribution < 1.29 is 46.0 Å². The third-order valence-corrected chi connectivity index (χ3v) is 2.35. The van der Waals surface area contributed by atoms with Crippen LogP contribution in [0.25, 0.3) is 0 Å². The second kappa shape index (κ2) is 5.49. The fraction of sp³-hybridized carbons (Fsp3) is 0.200. The van der Waals surface area contributed by atoms with E-state index < -0.39 is 47.6 Å². The van der Waals surface area contributed by atoms with Crippen LogP contribution < -0.4 is 5.46 Å². The molecule has 0 saturated heterocycles. The first-order valence-corrected chi connectivity index (χ1v) is 5.09. The lowest BCUT2D eigenvalue weighted by atomic mass is 9.75. The first-order valence-electron chi connectivity index (χ1n) is 5.09. The number of carbonyl (C=O) groups excluding carboxylic acids is 2. The van der Waals surface area contributed by atoms with E-state index in [-0.39, 0.29) is 6.07 Å². The van der Waals surface area contributed by atoms with E-state index in [1.54, 1.807) is 0 Å². The van der Waals surface area contributed by atoms with Crippen LogP contribution in [-0.4, -0.2) is 41.1 Å². The molecule has 2 N–H and O–H groups in total. The van der Waals surface area contributed by atoms with Crippen molar-refractivity contribution in [2.45, 2.75) is 12.4 Å². The summed E-state index contributed by atoms with van der Waals surface area (Å²) in [6.45, 7) is 0. The van der Waals surface area contributed by atoms with E-state index in [4.69, 9.17) is 10.0 Å². The third-order valence-electron chi connectivity index (χ3n) is 2.35. The highest BCUT2D eigenvalue weighted by atomic mass is 19.4. The van der Waals surface area contributed by atoms with Gasteiger partial charge in [-0.1, -0.05) is 12.1 Å². The van der Waals surface area contributed by atoms with Gasteiger partial charge in [-0.05, 0) is 11.5 Å². The molecule has 0 bridgehead atoms. The molecule has 0 aliphatic carbocycles. The molecule has 0 heterocycles. The molecular weight excluding hydrogens is 309 g/mol. The molecule has 0 fully saturated rings. The number of hydrogen-bond donors (Lipinski definition) is 2. The van der Waals surface area contributed by atoms with Crippen LogP contribution in [0.15, 0.2) is 18.2 Å². The zero-order valence-corrected chi connectivity index (χ0v) is 9.79. The van der Waals surface area contributed by atoms with E-state index in [1.165, 1.54) is 0 Å². The first kappa shape index (κ1) is 17.2. The van der Waals surface area contributed by atoms with Crippen molar-refractivity contribution in [3.05, 3.63) is 29.3 Å². The maximum absolute atomic E-state index is 12.3. The smallest absolute Gasteiger partial charge is 0.423 e. The van der Waals surface area contributed by atoms with Crippen molar-refractivity contribution in [3.8, 4) is 0 Å². The Bertz CT molecular complexity index is 578. The number of rotatable bonds is 3. The zero-order chi connectivity index (χ0) is 16.6. The first-order chi connectivity index (χ1) is 9.35. The molecule has 0 aliphatic heterocycles. The standard InChI is InChI=1S/C10H5BF6O4/c12-9(13,14)7(18)4-1-2-6(11(20)21)5(3-4)8(19)10(15,16)17/h1-3,20-21H. The van der Waals surface area contributed by atoms with Gasteiger partial charge in [0.05, 0.1) is 0 Å². The fourth-order valence-corrected chi connectivity index (χ4v) is 1.44. The van der Waals surface area contributed by atoms with Crippen molar-refractivity contribution in [2.24, 2.45) is 0 Å². The molecule has 1 aromatic rings. The summed E-state index contributed by atoms with van der Waals surface area (Å²) in [6.07, 6.45) is -10.8. The molecule has 11 heteroatoms. The van der Waals surface area contributed by atoms with Gasteiger partial charge in [-0.2, -0.15) is 26.3 Å². The Labute approximate surface area is 113 Å². The SMILES string of the molecule is O=C(c1ccc(B(O)O)c(C(=O)C(F)(F)F)c1)C(F)(F)F. The molecule has 4 nitrogen and oxygen atoms in total. The maximum Gasteiger partial charge on any atom is 0.489 e. The molecule has 0 aliphatic rings. The Morgan fingerprint density at radius 2 is 1.38 bits per heavy atom. The molecule has 0 spiro atoms. The van der Waals surface area contributed by atoms with Gasteiger partial charge in [0, 0.05) is 11.1 Å². The van der Waals surface area contributed by atoms with Gasteiger partial charge in [0.1, 0.15) is 0 Å². The van der Waals surface area contributed by atoms with Crippen molar-refractivity contribution in [1.29, 1.82) is 0 Å². The summed E-state index contributed by atoms with van der Waals surface area (Å²) in [5.74, 6) is -5.06. The normalized spacial score (nSPS) is 12.2. The minimum absolute atomic E-state index is 0.0282. The summed E-state index contributed by atoms with van der Waals surface area (Å²) in [6, 6.07) is 0.904. The predicted molar refractivity (Wildman–Crippen MR) is 57.0 cm³/mol. The highest BCUT2D eigenvalue weighted by Gasteiger charge is 2.43. The van der Waals surface area contributed by atoms with Crippen LogP contribution in [0.4, 0.5) is 26.3 Å². The zero-order valence-electron chi connectivity index (χ0n) is 9.79. The monoisotopic (exact) mass is 314 g/mol. The summed E-state index contributed by atoms with van der Waals surface area (Å²) < 4.78 is 73.6.